The average molecular weight is 228 g/mol. The van der Waals surface area contributed by atoms with Crippen LogP contribution in [0.1, 0.15) is 12.8 Å². The van der Waals surface area contributed by atoms with Crippen molar-refractivity contribution >= 4 is 17.4 Å². The van der Waals surface area contributed by atoms with Crippen molar-refractivity contribution in [1.29, 1.82) is 0 Å². The fraction of sp³-hybridized carbons (Fsp3) is 0.600. The third-order valence-electron chi connectivity index (χ3n) is 2.74. The summed E-state index contributed by atoms with van der Waals surface area (Å²) in [5.41, 5.74) is 0. The Bertz CT molecular complexity index is 334. The van der Waals surface area contributed by atoms with E-state index < -0.39 is 0 Å². The maximum Gasteiger partial charge on any atom is 0.149 e. The van der Waals surface area contributed by atoms with Gasteiger partial charge in [-0.2, -0.15) is 0 Å². The second kappa shape index (κ2) is 4.77. The first-order chi connectivity index (χ1) is 7.29. The molecule has 2 heterocycles. The van der Waals surface area contributed by atoms with Crippen LogP contribution in [0.15, 0.2) is 12.4 Å². The average Bonchev–Trinajstić information content (AvgIpc) is 2.67. The minimum Gasteiger partial charge on any atom is -0.396 e. The molecule has 15 heavy (non-hydrogen) atoms. The molecule has 1 aliphatic rings. The van der Waals surface area contributed by atoms with Crippen LogP contribution < -0.4 is 4.90 Å². The Morgan fingerprint density at radius 1 is 1.53 bits per heavy atom. The van der Waals surface area contributed by atoms with Gasteiger partial charge in [0.1, 0.15) is 11.0 Å². The SMILES string of the molecule is OCC[C@H]1CCN(c2cncc(Cl)n2)C1. The first kappa shape index (κ1) is 10.6. The van der Waals surface area contributed by atoms with E-state index >= 15 is 0 Å². The van der Waals surface area contributed by atoms with E-state index in [1.807, 2.05) is 0 Å². The molecule has 1 saturated heterocycles. The summed E-state index contributed by atoms with van der Waals surface area (Å²) in [7, 11) is 0. The van der Waals surface area contributed by atoms with Gasteiger partial charge in [-0.05, 0) is 18.8 Å². The second-order valence-electron chi connectivity index (χ2n) is 3.81. The van der Waals surface area contributed by atoms with Crippen molar-refractivity contribution < 1.29 is 5.11 Å². The normalized spacial score (nSPS) is 20.9. The van der Waals surface area contributed by atoms with E-state index in [0.29, 0.717) is 11.1 Å². The summed E-state index contributed by atoms with van der Waals surface area (Å²) in [4.78, 5) is 10.4. The molecule has 0 aromatic carbocycles. The van der Waals surface area contributed by atoms with Crippen molar-refractivity contribution in [2.75, 3.05) is 24.6 Å². The Kier molecular flexibility index (Phi) is 3.38. The van der Waals surface area contributed by atoms with Crippen molar-refractivity contribution in [3.63, 3.8) is 0 Å². The maximum atomic E-state index is 8.86. The smallest absolute Gasteiger partial charge is 0.149 e. The van der Waals surface area contributed by atoms with Gasteiger partial charge < -0.3 is 10.0 Å². The van der Waals surface area contributed by atoms with Gasteiger partial charge in [0, 0.05) is 19.7 Å². The summed E-state index contributed by atoms with van der Waals surface area (Å²) in [5, 5.41) is 9.29. The van der Waals surface area contributed by atoms with Crippen LogP contribution >= 0.6 is 11.6 Å². The molecule has 4 nitrogen and oxygen atoms in total. The molecular formula is C10H14ClN3O. The lowest BCUT2D eigenvalue weighted by atomic mass is 10.1. The van der Waals surface area contributed by atoms with Crippen LogP contribution in [0, 0.1) is 5.92 Å². The summed E-state index contributed by atoms with van der Waals surface area (Å²) in [6.45, 7) is 2.18. The molecular weight excluding hydrogens is 214 g/mol. The van der Waals surface area contributed by atoms with E-state index in [9.17, 15) is 0 Å². The Balaban J connectivity index is 2.01. The second-order valence-corrected chi connectivity index (χ2v) is 4.20. The van der Waals surface area contributed by atoms with Gasteiger partial charge in [0.2, 0.25) is 0 Å². The molecule has 1 atom stereocenters. The van der Waals surface area contributed by atoms with Crippen LogP contribution in [-0.2, 0) is 0 Å². The van der Waals surface area contributed by atoms with Gasteiger partial charge in [0.15, 0.2) is 0 Å². The summed E-state index contributed by atoms with van der Waals surface area (Å²) >= 11 is 5.78. The third-order valence-corrected chi connectivity index (χ3v) is 2.92. The molecule has 2 rings (SSSR count). The number of hydrogen-bond donors (Lipinski definition) is 1. The minimum absolute atomic E-state index is 0.264. The van der Waals surface area contributed by atoms with Crippen LogP contribution in [0.4, 0.5) is 5.82 Å². The number of aromatic nitrogens is 2. The maximum absolute atomic E-state index is 8.86. The number of aliphatic hydroxyl groups excluding tert-OH is 1. The fourth-order valence-electron chi connectivity index (χ4n) is 1.94. The molecule has 0 radical (unpaired) electrons. The monoisotopic (exact) mass is 227 g/mol. The van der Waals surface area contributed by atoms with Gasteiger partial charge in [0.25, 0.3) is 0 Å². The van der Waals surface area contributed by atoms with E-state index in [1.54, 1.807) is 6.20 Å². The van der Waals surface area contributed by atoms with E-state index in [2.05, 4.69) is 14.9 Å². The van der Waals surface area contributed by atoms with Gasteiger partial charge in [0.05, 0.1) is 12.4 Å². The zero-order valence-electron chi connectivity index (χ0n) is 8.43. The molecule has 0 spiro atoms. The number of hydrogen-bond acceptors (Lipinski definition) is 4. The Morgan fingerprint density at radius 2 is 2.40 bits per heavy atom. The van der Waals surface area contributed by atoms with Crippen molar-refractivity contribution in [2.24, 2.45) is 5.92 Å². The third kappa shape index (κ3) is 2.58. The summed E-state index contributed by atoms with van der Waals surface area (Å²) in [6.07, 6.45) is 5.23. The van der Waals surface area contributed by atoms with Crippen molar-refractivity contribution in [2.45, 2.75) is 12.8 Å². The predicted molar refractivity (Wildman–Crippen MR) is 59.1 cm³/mol. The lowest BCUT2D eigenvalue weighted by Crippen LogP contribution is -2.21. The predicted octanol–water partition coefficient (Wildman–Crippen LogP) is 1.34. The standard InChI is InChI=1S/C10H14ClN3O/c11-9-5-12-6-10(13-9)14-3-1-8(7-14)2-4-15/h5-6,8,15H,1-4,7H2/t8-/m1/s1. The van der Waals surface area contributed by atoms with E-state index in [1.165, 1.54) is 6.20 Å². The Morgan fingerprint density at radius 3 is 3.13 bits per heavy atom. The van der Waals surface area contributed by atoms with Gasteiger partial charge in [-0.25, -0.2) is 4.98 Å². The fourth-order valence-corrected chi connectivity index (χ4v) is 2.09. The van der Waals surface area contributed by atoms with Crippen LogP contribution in [-0.4, -0.2) is 34.8 Å². The largest absolute Gasteiger partial charge is 0.396 e. The molecule has 0 amide bonds. The highest BCUT2D eigenvalue weighted by Gasteiger charge is 2.23. The van der Waals surface area contributed by atoms with E-state index in [0.717, 1.165) is 31.7 Å². The molecule has 0 unspecified atom stereocenters. The Labute approximate surface area is 93.9 Å². The van der Waals surface area contributed by atoms with Crippen LogP contribution in [0.25, 0.3) is 0 Å². The first-order valence-corrected chi connectivity index (χ1v) is 5.50. The zero-order valence-corrected chi connectivity index (χ0v) is 9.19. The van der Waals surface area contributed by atoms with Gasteiger partial charge in [-0.15, -0.1) is 0 Å². The van der Waals surface area contributed by atoms with Crippen LogP contribution in [0.3, 0.4) is 0 Å². The summed E-state index contributed by atoms with van der Waals surface area (Å²) in [5.74, 6) is 1.40. The molecule has 0 aliphatic carbocycles. The zero-order chi connectivity index (χ0) is 10.7. The lowest BCUT2D eigenvalue weighted by Gasteiger charge is -2.16. The highest BCUT2D eigenvalue weighted by molar-refractivity contribution is 6.29. The topological polar surface area (TPSA) is 49.2 Å². The molecule has 1 N–H and O–H groups in total. The minimum atomic E-state index is 0.264. The van der Waals surface area contributed by atoms with E-state index in [-0.39, 0.29) is 6.61 Å². The van der Waals surface area contributed by atoms with Crippen molar-refractivity contribution in [3.05, 3.63) is 17.5 Å². The number of aliphatic hydroxyl groups is 1. The number of rotatable bonds is 3. The number of nitrogens with zero attached hydrogens (tertiary/aromatic N) is 3. The quantitative estimate of drug-likeness (QED) is 0.847. The van der Waals surface area contributed by atoms with Crippen molar-refractivity contribution in [3.8, 4) is 0 Å². The van der Waals surface area contributed by atoms with E-state index in [4.69, 9.17) is 16.7 Å². The van der Waals surface area contributed by atoms with Gasteiger partial charge in [-0.1, -0.05) is 11.6 Å². The first-order valence-electron chi connectivity index (χ1n) is 5.13. The lowest BCUT2D eigenvalue weighted by molar-refractivity contribution is 0.263. The molecule has 5 heteroatoms. The number of anilines is 1. The Hall–Kier alpha value is -0.870. The summed E-state index contributed by atoms with van der Waals surface area (Å²) < 4.78 is 0. The summed E-state index contributed by atoms with van der Waals surface area (Å²) in [6, 6.07) is 0. The highest BCUT2D eigenvalue weighted by Crippen LogP contribution is 2.24. The molecule has 0 saturated carbocycles. The van der Waals surface area contributed by atoms with Gasteiger partial charge >= 0.3 is 0 Å². The molecule has 1 aromatic rings. The van der Waals surface area contributed by atoms with Gasteiger partial charge in [-0.3, -0.25) is 4.98 Å². The number of halogens is 1. The van der Waals surface area contributed by atoms with Crippen LogP contribution in [0.5, 0.6) is 0 Å². The van der Waals surface area contributed by atoms with Crippen LogP contribution in [0.2, 0.25) is 5.15 Å². The molecule has 82 valence electrons. The molecule has 0 bridgehead atoms. The highest BCUT2D eigenvalue weighted by atomic mass is 35.5. The molecule has 1 aliphatic heterocycles. The molecule has 1 fully saturated rings. The van der Waals surface area contributed by atoms with Crippen molar-refractivity contribution in [1.82, 2.24) is 9.97 Å². The molecule has 1 aromatic heterocycles.